The van der Waals surface area contributed by atoms with Crippen molar-refractivity contribution in [2.45, 2.75) is 31.2 Å². The van der Waals surface area contributed by atoms with E-state index in [1.165, 1.54) is 4.90 Å². The fourth-order valence-corrected chi connectivity index (χ4v) is 2.99. The second-order valence-corrected chi connectivity index (χ2v) is 5.86. The maximum atomic E-state index is 12.1. The number of carbonyl (C=O) groups excluding carboxylic acids is 2. The Bertz CT molecular complexity index is 549. The largest absolute Gasteiger partial charge is 0.342 e. The molecule has 2 aliphatic rings. The van der Waals surface area contributed by atoms with Gasteiger partial charge in [-0.25, -0.2) is 0 Å². The fourth-order valence-electron chi connectivity index (χ4n) is 2.84. The molecule has 0 unspecified atom stereocenters. The lowest BCUT2D eigenvalue weighted by molar-refractivity contribution is -0.195. The van der Waals surface area contributed by atoms with Crippen LogP contribution in [0.3, 0.4) is 0 Å². The number of amides is 2. The molecular formula is C16H18ClNO4. The van der Waals surface area contributed by atoms with E-state index in [9.17, 15) is 9.59 Å². The van der Waals surface area contributed by atoms with Crippen LogP contribution in [0.5, 0.6) is 0 Å². The number of ether oxygens (including phenoxy) is 2. The van der Waals surface area contributed by atoms with Gasteiger partial charge in [0.2, 0.25) is 17.6 Å². The van der Waals surface area contributed by atoms with Crippen LogP contribution in [-0.2, 0) is 24.8 Å². The molecule has 1 aromatic rings. The van der Waals surface area contributed by atoms with Gasteiger partial charge < -0.3 is 9.47 Å². The summed E-state index contributed by atoms with van der Waals surface area (Å²) in [5.41, 5.74) is 0.786. The molecule has 0 bridgehead atoms. The first-order chi connectivity index (χ1) is 10.6. The van der Waals surface area contributed by atoms with Gasteiger partial charge in [0.1, 0.15) is 0 Å². The van der Waals surface area contributed by atoms with Gasteiger partial charge >= 0.3 is 0 Å². The van der Waals surface area contributed by atoms with E-state index < -0.39 is 5.79 Å². The predicted octanol–water partition coefficient (Wildman–Crippen LogP) is 2.03. The topological polar surface area (TPSA) is 55.8 Å². The molecule has 2 atom stereocenters. The second-order valence-electron chi connectivity index (χ2n) is 5.55. The molecule has 0 spiro atoms. The smallest absolute Gasteiger partial charge is 0.229 e. The number of piperidine rings is 1. The maximum Gasteiger partial charge on any atom is 0.229 e. The average molecular weight is 324 g/mol. The third-order valence-electron chi connectivity index (χ3n) is 3.99. The average Bonchev–Trinajstić information content (AvgIpc) is 2.97. The molecule has 1 aromatic carbocycles. The lowest BCUT2D eigenvalue weighted by Crippen LogP contribution is -2.49. The van der Waals surface area contributed by atoms with Crippen LogP contribution >= 0.6 is 11.6 Å². The molecule has 0 saturated carbocycles. The molecule has 0 N–H and O–H groups in total. The first-order valence-electron chi connectivity index (χ1n) is 7.41. The number of carbonyl (C=O) groups is 2. The molecule has 118 valence electrons. The zero-order valence-electron chi connectivity index (χ0n) is 12.2. The van der Waals surface area contributed by atoms with Gasteiger partial charge in [-0.1, -0.05) is 30.3 Å². The highest BCUT2D eigenvalue weighted by atomic mass is 35.5. The zero-order valence-corrected chi connectivity index (χ0v) is 12.9. The Morgan fingerprint density at radius 1 is 1.18 bits per heavy atom. The third-order valence-corrected chi connectivity index (χ3v) is 4.34. The number of hydrogen-bond acceptors (Lipinski definition) is 4. The van der Waals surface area contributed by atoms with Crippen molar-refractivity contribution >= 4 is 23.4 Å². The van der Waals surface area contributed by atoms with E-state index in [0.29, 0.717) is 31.7 Å². The number of halogens is 1. The van der Waals surface area contributed by atoms with Gasteiger partial charge in [-0.05, 0) is 6.42 Å². The van der Waals surface area contributed by atoms with Crippen molar-refractivity contribution in [3.8, 4) is 0 Å². The monoisotopic (exact) mass is 323 g/mol. The molecule has 0 radical (unpaired) electrons. The van der Waals surface area contributed by atoms with Crippen LogP contribution in [0.2, 0.25) is 0 Å². The van der Waals surface area contributed by atoms with Crippen LogP contribution in [0.1, 0.15) is 24.8 Å². The highest BCUT2D eigenvalue weighted by Gasteiger charge is 2.46. The fraction of sp³-hybridized carbons (Fsp3) is 0.500. The first-order valence-corrected chi connectivity index (χ1v) is 7.94. The van der Waals surface area contributed by atoms with Crippen LogP contribution in [0.25, 0.3) is 0 Å². The van der Waals surface area contributed by atoms with E-state index >= 15 is 0 Å². The molecule has 2 aliphatic heterocycles. The minimum absolute atomic E-state index is 0.0715. The van der Waals surface area contributed by atoms with Crippen LogP contribution in [-0.4, -0.2) is 41.8 Å². The molecule has 0 aliphatic carbocycles. The highest BCUT2D eigenvalue weighted by molar-refractivity contribution is 6.18. The number of alkyl halides is 1. The van der Waals surface area contributed by atoms with Gasteiger partial charge in [-0.2, -0.15) is 0 Å². The lowest BCUT2D eigenvalue weighted by atomic mass is 10.0. The summed E-state index contributed by atoms with van der Waals surface area (Å²) >= 11 is 5.87. The standard InChI is InChI=1S/C16H18ClNO4/c17-9-13-10-21-16(22-13,12-5-2-1-3-6-12)11-18-14(19)7-4-8-15(18)20/h1-3,5-6,13H,4,7-11H2/t13-,16-/m1/s1. The lowest BCUT2D eigenvalue weighted by Gasteiger charge is -2.35. The Morgan fingerprint density at radius 3 is 2.45 bits per heavy atom. The van der Waals surface area contributed by atoms with Crippen molar-refractivity contribution in [2.24, 2.45) is 0 Å². The molecule has 2 amide bonds. The van der Waals surface area contributed by atoms with Crippen LogP contribution in [0.4, 0.5) is 0 Å². The molecular weight excluding hydrogens is 306 g/mol. The van der Waals surface area contributed by atoms with E-state index in [0.717, 1.165) is 5.56 Å². The van der Waals surface area contributed by atoms with Crippen LogP contribution in [0.15, 0.2) is 30.3 Å². The molecule has 2 fully saturated rings. The van der Waals surface area contributed by atoms with E-state index in [4.69, 9.17) is 21.1 Å². The molecule has 0 aromatic heterocycles. The summed E-state index contributed by atoms with van der Waals surface area (Å²) in [6, 6.07) is 9.38. The Labute approximate surface area is 134 Å². The third kappa shape index (κ3) is 2.89. The van der Waals surface area contributed by atoms with E-state index in [2.05, 4.69) is 0 Å². The Hall–Kier alpha value is -1.43. The van der Waals surface area contributed by atoms with Crippen molar-refractivity contribution in [1.82, 2.24) is 4.90 Å². The number of imide groups is 1. The first kappa shape index (κ1) is 15.5. The van der Waals surface area contributed by atoms with Crippen LogP contribution < -0.4 is 0 Å². The summed E-state index contributed by atoms with van der Waals surface area (Å²) in [7, 11) is 0. The summed E-state index contributed by atoms with van der Waals surface area (Å²) < 4.78 is 11.9. The van der Waals surface area contributed by atoms with Crippen LogP contribution in [0, 0.1) is 0 Å². The molecule has 5 nitrogen and oxygen atoms in total. The number of likely N-dealkylation sites (tertiary alicyclic amines) is 1. The van der Waals surface area contributed by atoms with Crippen molar-refractivity contribution < 1.29 is 19.1 Å². The van der Waals surface area contributed by atoms with Gasteiger partial charge in [-0.3, -0.25) is 14.5 Å². The summed E-state index contributed by atoms with van der Waals surface area (Å²) in [6.45, 7) is 0.413. The quantitative estimate of drug-likeness (QED) is 0.628. The van der Waals surface area contributed by atoms with Crippen molar-refractivity contribution in [2.75, 3.05) is 19.0 Å². The van der Waals surface area contributed by atoms with Gasteiger partial charge in [0.05, 0.1) is 25.1 Å². The number of rotatable bonds is 4. The normalized spacial score (nSPS) is 29.1. The number of benzene rings is 1. The second kappa shape index (κ2) is 6.36. The molecule has 2 saturated heterocycles. The minimum Gasteiger partial charge on any atom is -0.342 e. The highest BCUT2D eigenvalue weighted by Crippen LogP contribution is 2.36. The molecule has 2 heterocycles. The van der Waals surface area contributed by atoms with E-state index in [-0.39, 0.29) is 24.5 Å². The van der Waals surface area contributed by atoms with Crippen molar-refractivity contribution in [3.63, 3.8) is 0 Å². The Kier molecular flexibility index (Phi) is 4.47. The maximum absolute atomic E-state index is 12.1. The van der Waals surface area contributed by atoms with E-state index in [1.54, 1.807) is 0 Å². The van der Waals surface area contributed by atoms with E-state index in [1.807, 2.05) is 30.3 Å². The van der Waals surface area contributed by atoms with Crippen molar-refractivity contribution in [1.29, 1.82) is 0 Å². The molecule has 6 heteroatoms. The van der Waals surface area contributed by atoms with Gasteiger partial charge in [0.25, 0.3) is 0 Å². The predicted molar refractivity (Wildman–Crippen MR) is 80.2 cm³/mol. The van der Waals surface area contributed by atoms with Crippen molar-refractivity contribution in [3.05, 3.63) is 35.9 Å². The zero-order chi connectivity index (χ0) is 15.6. The minimum atomic E-state index is -1.12. The van der Waals surface area contributed by atoms with Gasteiger partial charge in [0, 0.05) is 18.4 Å². The summed E-state index contributed by atoms with van der Waals surface area (Å²) in [5.74, 6) is -1.17. The number of hydrogen-bond donors (Lipinski definition) is 0. The number of nitrogens with zero attached hydrogens (tertiary/aromatic N) is 1. The molecule has 22 heavy (non-hydrogen) atoms. The summed E-state index contributed by atoms with van der Waals surface area (Å²) in [6.07, 6.45) is 1.13. The molecule has 3 rings (SSSR count). The van der Waals surface area contributed by atoms with Gasteiger partial charge in [-0.15, -0.1) is 11.6 Å². The SMILES string of the molecule is O=C1CCCC(=O)N1C[C@@]1(c2ccccc2)OC[C@@H](CCl)O1. The Morgan fingerprint density at radius 2 is 1.86 bits per heavy atom. The Balaban J connectivity index is 1.90. The van der Waals surface area contributed by atoms with Gasteiger partial charge in [0.15, 0.2) is 0 Å². The summed E-state index contributed by atoms with van der Waals surface area (Å²) in [5, 5.41) is 0. The summed E-state index contributed by atoms with van der Waals surface area (Å²) in [4.78, 5) is 25.4.